The molecule has 0 spiro atoms. The Bertz CT molecular complexity index is 594. The lowest BCUT2D eigenvalue weighted by Crippen LogP contribution is -2.33. The number of allylic oxidation sites excluding steroid dienone is 2. The van der Waals surface area contributed by atoms with E-state index in [2.05, 4.69) is 38.1 Å². The van der Waals surface area contributed by atoms with Crippen molar-refractivity contribution >= 4 is 5.97 Å². The number of aliphatic carboxylic acids is 1. The van der Waals surface area contributed by atoms with Crippen LogP contribution in [0, 0.1) is 17.8 Å². The standard InChI is InChI=1S/C28H46O3/c1-4-6-7-8-9-10-12-16-24(5-2)19-15-20-26(27(23(3)29)28(30)31)22-21-25-17-13-11-14-18-25/h10-14,17-18,23-24,26-27,29H,4-9,15-16,19-22H2,1-3H3,(H,30,31)/t23-,24-,26+,27+/m0/s1. The van der Waals surface area contributed by atoms with Crippen molar-refractivity contribution in [2.75, 3.05) is 0 Å². The summed E-state index contributed by atoms with van der Waals surface area (Å²) >= 11 is 0. The molecular weight excluding hydrogens is 384 g/mol. The molecule has 3 heteroatoms. The molecule has 0 amide bonds. The highest BCUT2D eigenvalue weighted by Gasteiger charge is 2.31. The first kappa shape index (κ1) is 27.4. The maximum atomic E-state index is 11.8. The third-order valence-electron chi connectivity index (χ3n) is 6.58. The van der Waals surface area contributed by atoms with Crippen LogP contribution in [0.4, 0.5) is 0 Å². The van der Waals surface area contributed by atoms with Crippen LogP contribution >= 0.6 is 0 Å². The molecule has 0 saturated carbocycles. The molecule has 1 aromatic carbocycles. The molecule has 0 aliphatic carbocycles. The lowest BCUT2D eigenvalue weighted by atomic mass is 9.80. The van der Waals surface area contributed by atoms with Crippen molar-refractivity contribution < 1.29 is 15.0 Å². The highest BCUT2D eigenvalue weighted by atomic mass is 16.4. The topological polar surface area (TPSA) is 57.5 Å². The summed E-state index contributed by atoms with van der Waals surface area (Å²) in [6, 6.07) is 10.2. The summed E-state index contributed by atoms with van der Waals surface area (Å²) in [5.41, 5.74) is 1.23. The second kappa shape index (κ2) is 17.0. The number of hydrogen-bond donors (Lipinski definition) is 2. The molecule has 0 saturated heterocycles. The van der Waals surface area contributed by atoms with Crippen LogP contribution in [0.2, 0.25) is 0 Å². The molecule has 3 nitrogen and oxygen atoms in total. The van der Waals surface area contributed by atoms with Gasteiger partial charge in [-0.2, -0.15) is 0 Å². The number of benzene rings is 1. The molecule has 1 aromatic rings. The van der Waals surface area contributed by atoms with E-state index < -0.39 is 18.0 Å². The highest BCUT2D eigenvalue weighted by Crippen LogP contribution is 2.29. The minimum Gasteiger partial charge on any atom is -0.481 e. The first-order valence-electron chi connectivity index (χ1n) is 12.6. The first-order valence-corrected chi connectivity index (χ1v) is 12.6. The molecule has 176 valence electrons. The van der Waals surface area contributed by atoms with Gasteiger partial charge in [0.15, 0.2) is 0 Å². The summed E-state index contributed by atoms with van der Waals surface area (Å²) in [7, 11) is 0. The Labute approximate surface area is 191 Å². The number of carbonyl (C=O) groups is 1. The minimum absolute atomic E-state index is 0.00400. The predicted octanol–water partition coefficient (Wildman–Crippen LogP) is 7.43. The number of aliphatic hydroxyl groups excluding tert-OH is 1. The summed E-state index contributed by atoms with van der Waals surface area (Å²) in [6.45, 7) is 6.12. The molecule has 31 heavy (non-hydrogen) atoms. The fourth-order valence-corrected chi connectivity index (χ4v) is 4.55. The number of aliphatic hydroxyl groups is 1. The SMILES string of the molecule is CCCCCCC=CC[C@H](CC)CCC[C@H](CCc1ccccc1)[C@H](C(=O)O)[C@H](C)O. The lowest BCUT2D eigenvalue weighted by molar-refractivity contribution is -0.148. The smallest absolute Gasteiger partial charge is 0.309 e. The summed E-state index contributed by atoms with van der Waals surface area (Å²) < 4.78 is 0. The first-order chi connectivity index (χ1) is 15.0. The lowest BCUT2D eigenvalue weighted by Gasteiger charge is -2.27. The second-order valence-electron chi connectivity index (χ2n) is 9.15. The number of hydrogen-bond acceptors (Lipinski definition) is 2. The third kappa shape index (κ3) is 12.1. The maximum Gasteiger partial charge on any atom is 0.309 e. The van der Waals surface area contributed by atoms with Gasteiger partial charge in [0, 0.05) is 0 Å². The van der Waals surface area contributed by atoms with E-state index in [4.69, 9.17) is 0 Å². The average molecular weight is 431 g/mol. The van der Waals surface area contributed by atoms with E-state index in [1.807, 2.05) is 18.2 Å². The largest absolute Gasteiger partial charge is 0.481 e. The van der Waals surface area contributed by atoms with E-state index in [9.17, 15) is 15.0 Å². The van der Waals surface area contributed by atoms with Crippen molar-refractivity contribution in [3.05, 3.63) is 48.0 Å². The maximum absolute atomic E-state index is 11.8. The van der Waals surface area contributed by atoms with Gasteiger partial charge < -0.3 is 10.2 Å². The van der Waals surface area contributed by atoms with Crippen molar-refractivity contribution in [2.24, 2.45) is 17.8 Å². The normalized spacial score (nSPS) is 15.6. The number of carboxylic acids is 1. The van der Waals surface area contributed by atoms with E-state index in [0.717, 1.165) is 44.9 Å². The number of aryl methyl sites for hydroxylation is 1. The van der Waals surface area contributed by atoms with Crippen molar-refractivity contribution in [1.82, 2.24) is 0 Å². The molecule has 4 atom stereocenters. The van der Waals surface area contributed by atoms with Gasteiger partial charge in [0.25, 0.3) is 0 Å². The molecule has 2 N–H and O–H groups in total. The van der Waals surface area contributed by atoms with Gasteiger partial charge in [-0.3, -0.25) is 4.79 Å². The van der Waals surface area contributed by atoms with Crippen LogP contribution in [0.5, 0.6) is 0 Å². The molecular formula is C28H46O3. The molecule has 0 radical (unpaired) electrons. The average Bonchev–Trinajstić information content (AvgIpc) is 2.75. The van der Waals surface area contributed by atoms with Crippen molar-refractivity contribution in [2.45, 2.75) is 104 Å². The quantitative estimate of drug-likeness (QED) is 0.188. The fraction of sp³-hybridized carbons (Fsp3) is 0.679. The molecule has 0 aliphatic rings. The van der Waals surface area contributed by atoms with E-state index >= 15 is 0 Å². The molecule has 0 aromatic heterocycles. The van der Waals surface area contributed by atoms with Gasteiger partial charge in [-0.05, 0) is 62.8 Å². The summed E-state index contributed by atoms with van der Waals surface area (Å²) in [5, 5.41) is 19.9. The second-order valence-corrected chi connectivity index (χ2v) is 9.15. The molecule has 0 bridgehead atoms. The zero-order valence-electron chi connectivity index (χ0n) is 20.1. The zero-order chi connectivity index (χ0) is 22.9. The Hall–Kier alpha value is -1.61. The Morgan fingerprint density at radius 1 is 0.968 bits per heavy atom. The zero-order valence-corrected chi connectivity index (χ0v) is 20.1. The van der Waals surface area contributed by atoms with Gasteiger partial charge in [-0.1, -0.05) is 94.9 Å². The van der Waals surface area contributed by atoms with E-state index in [1.165, 1.54) is 37.7 Å². The molecule has 0 aliphatic heterocycles. The van der Waals surface area contributed by atoms with Crippen molar-refractivity contribution in [3.8, 4) is 0 Å². The Morgan fingerprint density at radius 2 is 1.71 bits per heavy atom. The monoisotopic (exact) mass is 430 g/mol. The minimum atomic E-state index is -0.869. The number of carboxylic acid groups (broad SMARTS) is 1. The molecule has 1 rings (SSSR count). The Kier molecular flexibility index (Phi) is 15.0. The third-order valence-corrected chi connectivity index (χ3v) is 6.58. The van der Waals surface area contributed by atoms with Gasteiger partial charge >= 0.3 is 5.97 Å². The van der Waals surface area contributed by atoms with Crippen LogP contribution in [-0.2, 0) is 11.2 Å². The van der Waals surface area contributed by atoms with Gasteiger partial charge in [0.1, 0.15) is 0 Å². The van der Waals surface area contributed by atoms with E-state index in [1.54, 1.807) is 6.92 Å². The van der Waals surface area contributed by atoms with Crippen LogP contribution < -0.4 is 0 Å². The van der Waals surface area contributed by atoms with Crippen LogP contribution in [0.25, 0.3) is 0 Å². The molecule has 0 fully saturated rings. The van der Waals surface area contributed by atoms with Gasteiger partial charge in [-0.25, -0.2) is 0 Å². The summed E-state index contributed by atoms with van der Waals surface area (Å²) in [6.07, 6.45) is 17.3. The van der Waals surface area contributed by atoms with Gasteiger partial charge in [0.2, 0.25) is 0 Å². The number of rotatable bonds is 18. The van der Waals surface area contributed by atoms with Gasteiger partial charge in [0.05, 0.1) is 12.0 Å². The van der Waals surface area contributed by atoms with E-state index in [0.29, 0.717) is 5.92 Å². The summed E-state index contributed by atoms with van der Waals surface area (Å²) in [4.78, 5) is 11.8. The Morgan fingerprint density at radius 3 is 2.32 bits per heavy atom. The van der Waals surface area contributed by atoms with Crippen LogP contribution in [0.15, 0.2) is 42.5 Å². The Balaban J connectivity index is 2.53. The predicted molar refractivity (Wildman–Crippen MR) is 131 cm³/mol. The van der Waals surface area contributed by atoms with Gasteiger partial charge in [-0.15, -0.1) is 0 Å². The molecule has 0 unspecified atom stereocenters. The van der Waals surface area contributed by atoms with Crippen LogP contribution in [0.3, 0.4) is 0 Å². The highest BCUT2D eigenvalue weighted by molar-refractivity contribution is 5.71. The van der Waals surface area contributed by atoms with E-state index in [-0.39, 0.29) is 5.92 Å². The van der Waals surface area contributed by atoms with Crippen LogP contribution in [-0.4, -0.2) is 22.3 Å². The van der Waals surface area contributed by atoms with Crippen molar-refractivity contribution in [3.63, 3.8) is 0 Å². The van der Waals surface area contributed by atoms with Crippen LogP contribution in [0.1, 0.15) is 97.0 Å². The fourth-order valence-electron chi connectivity index (χ4n) is 4.55. The number of unbranched alkanes of at least 4 members (excludes halogenated alkanes) is 4. The molecule has 0 heterocycles. The summed E-state index contributed by atoms with van der Waals surface area (Å²) in [5.74, 6) is -0.890. The van der Waals surface area contributed by atoms with Crippen molar-refractivity contribution in [1.29, 1.82) is 0 Å².